The number of nitrogens with two attached hydrogens (primary N) is 1. The summed E-state index contributed by atoms with van der Waals surface area (Å²) in [7, 11) is 1.23. The first-order valence-corrected chi connectivity index (χ1v) is 5.87. The highest BCUT2D eigenvalue weighted by Gasteiger charge is 2.47. The van der Waals surface area contributed by atoms with Crippen LogP contribution in [0, 0.1) is 0 Å². The summed E-state index contributed by atoms with van der Waals surface area (Å²) >= 11 is 5.78. The fourth-order valence-corrected chi connectivity index (χ4v) is 2.37. The van der Waals surface area contributed by atoms with Crippen LogP contribution in [0.2, 0.25) is 5.02 Å². The Hall–Kier alpha value is -0.940. The van der Waals surface area contributed by atoms with Gasteiger partial charge in [-0.05, 0) is 25.0 Å². The molecule has 0 aliphatic heterocycles. The van der Waals surface area contributed by atoms with Gasteiger partial charge in [0.15, 0.2) is 0 Å². The van der Waals surface area contributed by atoms with E-state index in [1.54, 1.807) is 0 Å². The molecule has 1 aliphatic rings. The average molecular weight is 280 g/mol. The summed E-state index contributed by atoms with van der Waals surface area (Å²) in [5.41, 5.74) is 4.87. The summed E-state index contributed by atoms with van der Waals surface area (Å²) in [5, 5.41) is 0.0536. The fraction of sp³-hybridized carbons (Fsp3) is 0.500. The van der Waals surface area contributed by atoms with Gasteiger partial charge in [0.05, 0.1) is 12.7 Å². The highest BCUT2D eigenvalue weighted by molar-refractivity contribution is 6.30. The molecule has 0 radical (unpaired) electrons. The quantitative estimate of drug-likeness (QED) is 0.921. The predicted octanol–water partition coefficient (Wildman–Crippen LogP) is 3.36. The number of ether oxygens (including phenoxy) is 1. The standard InChI is InChI=1S/C12H13ClF3NO/c1-18-10-8(11(6-17)2-3-11)4-7(13)5-9(10)12(14,15)16/h4-5H,2-3,6,17H2,1H3. The fourth-order valence-electron chi connectivity index (χ4n) is 2.15. The molecular weight excluding hydrogens is 267 g/mol. The third kappa shape index (κ3) is 2.17. The second kappa shape index (κ2) is 4.31. The zero-order valence-electron chi connectivity index (χ0n) is 9.77. The number of methoxy groups -OCH3 is 1. The first kappa shape index (κ1) is 13.5. The Labute approximate surface area is 108 Å². The zero-order chi connectivity index (χ0) is 13.6. The first-order chi connectivity index (χ1) is 8.34. The molecule has 1 aromatic carbocycles. The molecule has 6 heteroatoms. The van der Waals surface area contributed by atoms with Crippen LogP contribution < -0.4 is 10.5 Å². The molecule has 0 amide bonds. The van der Waals surface area contributed by atoms with Gasteiger partial charge in [0.25, 0.3) is 0 Å². The van der Waals surface area contributed by atoms with Crippen molar-refractivity contribution in [3.63, 3.8) is 0 Å². The smallest absolute Gasteiger partial charge is 0.420 e. The van der Waals surface area contributed by atoms with Crippen molar-refractivity contribution in [2.24, 2.45) is 5.73 Å². The van der Waals surface area contributed by atoms with Gasteiger partial charge in [-0.25, -0.2) is 0 Å². The van der Waals surface area contributed by atoms with E-state index in [1.807, 2.05) is 0 Å². The van der Waals surface area contributed by atoms with Crippen LogP contribution in [0.3, 0.4) is 0 Å². The number of hydrogen-bond donors (Lipinski definition) is 1. The van der Waals surface area contributed by atoms with Crippen LogP contribution in [0.25, 0.3) is 0 Å². The van der Waals surface area contributed by atoms with E-state index in [-0.39, 0.29) is 10.8 Å². The highest BCUT2D eigenvalue weighted by Crippen LogP contribution is 2.53. The lowest BCUT2D eigenvalue weighted by atomic mass is 9.93. The van der Waals surface area contributed by atoms with Gasteiger partial charge in [-0.3, -0.25) is 0 Å². The van der Waals surface area contributed by atoms with Gasteiger partial charge in [0, 0.05) is 22.5 Å². The SMILES string of the molecule is COc1c(C(F)(F)F)cc(Cl)cc1C1(CN)CC1. The van der Waals surface area contributed by atoms with Crippen molar-refractivity contribution in [1.29, 1.82) is 0 Å². The van der Waals surface area contributed by atoms with E-state index < -0.39 is 17.2 Å². The summed E-state index contributed by atoms with van der Waals surface area (Å²) < 4.78 is 43.8. The summed E-state index contributed by atoms with van der Waals surface area (Å²) in [5.74, 6) is -0.158. The summed E-state index contributed by atoms with van der Waals surface area (Å²) in [4.78, 5) is 0. The lowest BCUT2D eigenvalue weighted by molar-refractivity contribution is -0.138. The second-order valence-electron chi connectivity index (χ2n) is 4.52. The van der Waals surface area contributed by atoms with Gasteiger partial charge in [-0.15, -0.1) is 0 Å². The van der Waals surface area contributed by atoms with Crippen molar-refractivity contribution in [3.05, 3.63) is 28.3 Å². The van der Waals surface area contributed by atoms with Crippen molar-refractivity contribution in [2.75, 3.05) is 13.7 Å². The number of alkyl halides is 3. The van der Waals surface area contributed by atoms with Gasteiger partial charge in [0.2, 0.25) is 0 Å². The van der Waals surface area contributed by atoms with Crippen LogP contribution in [-0.2, 0) is 11.6 Å². The maximum absolute atomic E-state index is 12.9. The van der Waals surface area contributed by atoms with Crippen molar-refractivity contribution in [1.82, 2.24) is 0 Å². The van der Waals surface area contributed by atoms with Crippen LogP contribution >= 0.6 is 11.6 Å². The Morgan fingerprint density at radius 2 is 2.00 bits per heavy atom. The summed E-state index contributed by atoms with van der Waals surface area (Å²) in [6.07, 6.45) is -2.97. The molecular formula is C12H13ClF3NO. The Morgan fingerprint density at radius 3 is 2.39 bits per heavy atom. The lowest BCUT2D eigenvalue weighted by Gasteiger charge is -2.21. The molecule has 0 aromatic heterocycles. The van der Waals surface area contributed by atoms with E-state index in [0.717, 1.165) is 18.9 Å². The van der Waals surface area contributed by atoms with E-state index in [1.165, 1.54) is 13.2 Å². The van der Waals surface area contributed by atoms with Crippen molar-refractivity contribution in [2.45, 2.75) is 24.4 Å². The van der Waals surface area contributed by atoms with Gasteiger partial charge in [-0.2, -0.15) is 13.2 Å². The maximum Gasteiger partial charge on any atom is 0.420 e. The topological polar surface area (TPSA) is 35.2 Å². The molecule has 0 heterocycles. The van der Waals surface area contributed by atoms with Crippen LogP contribution in [0.5, 0.6) is 5.75 Å². The Kier molecular flexibility index (Phi) is 3.23. The van der Waals surface area contributed by atoms with Crippen molar-refractivity contribution >= 4 is 11.6 Å². The van der Waals surface area contributed by atoms with E-state index in [9.17, 15) is 13.2 Å². The van der Waals surface area contributed by atoms with Crippen molar-refractivity contribution < 1.29 is 17.9 Å². The summed E-state index contributed by atoms with van der Waals surface area (Å²) in [6, 6.07) is 2.41. The van der Waals surface area contributed by atoms with Crippen LogP contribution in [0.4, 0.5) is 13.2 Å². The third-order valence-electron chi connectivity index (χ3n) is 3.38. The lowest BCUT2D eigenvalue weighted by Crippen LogP contribution is -2.22. The molecule has 0 spiro atoms. The molecule has 18 heavy (non-hydrogen) atoms. The van der Waals surface area contributed by atoms with Gasteiger partial charge in [-0.1, -0.05) is 11.6 Å². The molecule has 0 unspecified atom stereocenters. The van der Waals surface area contributed by atoms with Crippen LogP contribution in [0.1, 0.15) is 24.0 Å². The van der Waals surface area contributed by atoms with Crippen molar-refractivity contribution in [3.8, 4) is 5.75 Å². The van der Waals surface area contributed by atoms with Gasteiger partial charge >= 0.3 is 6.18 Å². The molecule has 0 atom stereocenters. The number of hydrogen-bond acceptors (Lipinski definition) is 2. The summed E-state index contributed by atoms with van der Waals surface area (Å²) in [6.45, 7) is 0.293. The minimum atomic E-state index is -4.49. The van der Waals surface area contributed by atoms with Crippen LogP contribution in [0.15, 0.2) is 12.1 Å². The van der Waals surface area contributed by atoms with Crippen LogP contribution in [-0.4, -0.2) is 13.7 Å². The molecule has 2 N–H and O–H groups in total. The number of benzene rings is 1. The second-order valence-corrected chi connectivity index (χ2v) is 4.95. The molecule has 1 saturated carbocycles. The highest BCUT2D eigenvalue weighted by atomic mass is 35.5. The van der Waals surface area contributed by atoms with E-state index >= 15 is 0 Å². The molecule has 1 fully saturated rings. The monoisotopic (exact) mass is 279 g/mol. The Bertz CT molecular complexity index is 469. The van der Waals surface area contributed by atoms with Gasteiger partial charge in [0.1, 0.15) is 5.75 Å². The minimum Gasteiger partial charge on any atom is -0.496 e. The predicted molar refractivity (Wildman–Crippen MR) is 63.0 cm³/mol. The molecule has 2 rings (SSSR count). The number of rotatable bonds is 3. The Morgan fingerprint density at radius 1 is 1.39 bits per heavy atom. The van der Waals surface area contributed by atoms with E-state index in [4.69, 9.17) is 22.1 Å². The van der Waals surface area contributed by atoms with Gasteiger partial charge < -0.3 is 10.5 Å². The molecule has 0 bridgehead atoms. The molecule has 2 nitrogen and oxygen atoms in total. The first-order valence-electron chi connectivity index (χ1n) is 5.49. The largest absolute Gasteiger partial charge is 0.496 e. The average Bonchev–Trinajstić information content (AvgIpc) is 3.07. The molecule has 1 aromatic rings. The maximum atomic E-state index is 12.9. The molecule has 0 saturated heterocycles. The third-order valence-corrected chi connectivity index (χ3v) is 3.60. The Balaban J connectivity index is 2.63. The minimum absolute atomic E-state index is 0.0536. The van der Waals surface area contributed by atoms with E-state index in [2.05, 4.69) is 0 Å². The molecule has 1 aliphatic carbocycles. The normalized spacial score (nSPS) is 17.7. The molecule has 100 valence electrons. The zero-order valence-corrected chi connectivity index (χ0v) is 10.5. The van der Waals surface area contributed by atoms with E-state index in [0.29, 0.717) is 12.1 Å². The number of halogens is 4.